The first kappa shape index (κ1) is 10.1. The van der Waals surface area contributed by atoms with Crippen molar-refractivity contribution in [1.82, 2.24) is 10.6 Å². The van der Waals surface area contributed by atoms with E-state index in [1.165, 1.54) is 5.70 Å². The Kier molecular flexibility index (Phi) is 5.35. The van der Waals surface area contributed by atoms with Crippen LogP contribution in [0.5, 0.6) is 0 Å². The van der Waals surface area contributed by atoms with Crippen LogP contribution >= 0.6 is 0 Å². The van der Waals surface area contributed by atoms with Crippen molar-refractivity contribution in [1.29, 1.82) is 0 Å². The molecule has 11 heavy (non-hydrogen) atoms. The second-order valence-electron chi connectivity index (χ2n) is 2.61. The molecule has 0 aromatic heterocycles. The molecule has 2 nitrogen and oxygen atoms in total. The van der Waals surface area contributed by atoms with Gasteiger partial charge in [0.05, 0.1) is 0 Å². The first-order chi connectivity index (χ1) is 5.16. The van der Waals surface area contributed by atoms with E-state index in [0.717, 1.165) is 18.8 Å². The van der Waals surface area contributed by atoms with Crippen molar-refractivity contribution in [3.8, 4) is 0 Å². The van der Waals surface area contributed by atoms with Gasteiger partial charge in [-0.15, -0.1) is 0 Å². The van der Waals surface area contributed by atoms with Crippen molar-refractivity contribution >= 4 is 0 Å². The largest absolute Gasteiger partial charge is 0.387 e. The Morgan fingerprint density at radius 3 is 2.27 bits per heavy atom. The summed E-state index contributed by atoms with van der Waals surface area (Å²) >= 11 is 0. The van der Waals surface area contributed by atoms with Crippen LogP contribution in [-0.4, -0.2) is 13.1 Å². The highest BCUT2D eigenvalue weighted by atomic mass is 14.9. The van der Waals surface area contributed by atoms with E-state index >= 15 is 0 Å². The Balaban J connectivity index is 3.21. The molecule has 0 aliphatic rings. The summed E-state index contributed by atoms with van der Waals surface area (Å²) in [7, 11) is 0. The highest BCUT2D eigenvalue weighted by Gasteiger charge is 1.85. The van der Waals surface area contributed by atoms with Gasteiger partial charge in [0.1, 0.15) is 0 Å². The van der Waals surface area contributed by atoms with Crippen molar-refractivity contribution < 1.29 is 0 Å². The predicted molar refractivity (Wildman–Crippen MR) is 50.3 cm³/mol. The molecule has 0 aromatic carbocycles. The molecule has 0 radical (unpaired) electrons. The Bertz CT molecular complexity index is 148. The smallest absolute Gasteiger partial charge is 0.0317 e. The Morgan fingerprint density at radius 2 is 1.82 bits per heavy atom. The molecule has 0 unspecified atom stereocenters. The summed E-state index contributed by atoms with van der Waals surface area (Å²) in [6.45, 7) is 11.7. The van der Waals surface area contributed by atoms with Gasteiger partial charge >= 0.3 is 0 Å². The summed E-state index contributed by atoms with van der Waals surface area (Å²) in [6.07, 6.45) is 2.06. The van der Waals surface area contributed by atoms with Crippen LogP contribution in [-0.2, 0) is 0 Å². The van der Waals surface area contributed by atoms with Gasteiger partial charge in [0.25, 0.3) is 0 Å². The van der Waals surface area contributed by atoms with Gasteiger partial charge in [-0.25, -0.2) is 0 Å². The van der Waals surface area contributed by atoms with Crippen LogP contribution in [0.3, 0.4) is 0 Å². The van der Waals surface area contributed by atoms with E-state index in [1.54, 1.807) is 0 Å². The minimum Gasteiger partial charge on any atom is -0.387 e. The quantitative estimate of drug-likeness (QED) is 0.588. The van der Waals surface area contributed by atoms with E-state index in [-0.39, 0.29) is 0 Å². The van der Waals surface area contributed by atoms with Gasteiger partial charge in [-0.1, -0.05) is 12.7 Å². The molecule has 0 fully saturated rings. The highest BCUT2D eigenvalue weighted by Crippen LogP contribution is 1.82. The van der Waals surface area contributed by atoms with Gasteiger partial charge in [0.15, 0.2) is 0 Å². The summed E-state index contributed by atoms with van der Waals surface area (Å²) in [5.74, 6) is 0. The maximum atomic E-state index is 3.74. The number of allylic oxidation sites excluding steroid dienone is 3. The van der Waals surface area contributed by atoms with E-state index in [1.807, 2.05) is 13.8 Å². The lowest BCUT2D eigenvalue weighted by Gasteiger charge is -2.07. The molecule has 0 aromatic rings. The number of hydrogen-bond donors (Lipinski definition) is 2. The zero-order chi connectivity index (χ0) is 8.69. The predicted octanol–water partition coefficient (Wildman–Crippen LogP) is 1.62. The van der Waals surface area contributed by atoms with Crippen molar-refractivity contribution in [2.24, 2.45) is 0 Å². The molecule has 0 aliphatic carbocycles. The monoisotopic (exact) mass is 154 g/mol. The fraction of sp³-hybridized carbons (Fsp3) is 0.556. The van der Waals surface area contributed by atoms with E-state index in [4.69, 9.17) is 0 Å². The van der Waals surface area contributed by atoms with E-state index < -0.39 is 0 Å². The first-order valence-electron chi connectivity index (χ1n) is 3.93. The summed E-state index contributed by atoms with van der Waals surface area (Å²) in [5.41, 5.74) is 2.23. The molecular weight excluding hydrogens is 136 g/mol. The van der Waals surface area contributed by atoms with Gasteiger partial charge in [-0.2, -0.15) is 0 Å². The molecular formula is C9H18N2. The molecule has 64 valence electrons. The molecule has 0 heterocycles. The van der Waals surface area contributed by atoms with Gasteiger partial charge in [-0.05, 0) is 20.8 Å². The van der Waals surface area contributed by atoms with E-state index in [2.05, 4.69) is 30.2 Å². The molecule has 0 saturated heterocycles. The average Bonchev–Trinajstić information content (AvgIpc) is 1.97. The minimum atomic E-state index is 0.931. The summed E-state index contributed by atoms with van der Waals surface area (Å²) < 4.78 is 0. The third kappa shape index (κ3) is 6.97. The average molecular weight is 154 g/mol. The Labute approximate surface area is 69.4 Å². The van der Waals surface area contributed by atoms with Crippen molar-refractivity contribution in [3.05, 3.63) is 24.0 Å². The maximum absolute atomic E-state index is 3.74. The van der Waals surface area contributed by atoms with Crippen molar-refractivity contribution in [2.45, 2.75) is 20.8 Å². The summed E-state index contributed by atoms with van der Waals surface area (Å²) in [6, 6.07) is 0. The molecule has 2 N–H and O–H groups in total. The Morgan fingerprint density at radius 1 is 1.27 bits per heavy atom. The molecule has 0 rings (SSSR count). The fourth-order valence-electron chi connectivity index (χ4n) is 0.638. The van der Waals surface area contributed by atoms with E-state index in [9.17, 15) is 0 Å². The SMILES string of the molecule is C=C(C)NCCN/C(C)=C\C. The van der Waals surface area contributed by atoms with Crippen LogP contribution < -0.4 is 10.6 Å². The fourth-order valence-corrected chi connectivity index (χ4v) is 0.638. The van der Waals surface area contributed by atoms with Gasteiger partial charge in [0, 0.05) is 24.5 Å². The molecule has 2 heteroatoms. The number of rotatable bonds is 5. The third-order valence-corrected chi connectivity index (χ3v) is 1.39. The summed E-state index contributed by atoms with van der Waals surface area (Å²) in [5, 5.41) is 6.39. The minimum absolute atomic E-state index is 0.931. The normalized spacial score (nSPS) is 11.0. The van der Waals surface area contributed by atoms with Crippen LogP contribution in [0.4, 0.5) is 0 Å². The van der Waals surface area contributed by atoms with Crippen LogP contribution in [0.25, 0.3) is 0 Å². The molecule has 0 atom stereocenters. The highest BCUT2D eigenvalue weighted by molar-refractivity contribution is 4.93. The summed E-state index contributed by atoms with van der Waals surface area (Å²) in [4.78, 5) is 0. The van der Waals surface area contributed by atoms with Crippen molar-refractivity contribution in [2.75, 3.05) is 13.1 Å². The molecule has 0 amide bonds. The zero-order valence-corrected chi connectivity index (χ0v) is 7.70. The lowest BCUT2D eigenvalue weighted by atomic mass is 10.4. The second kappa shape index (κ2) is 5.83. The lowest BCUT2D eigenvalue weighted by Crippen LogP contribution is -2.24. The molecule has 0 aliphatic heterocycles. The molecule has 0 bridgehead atoms. The van der Waals surface area contributed by atoms with Crippen LogP contribution in [0.15, 0.2) is 24.0 Å². The van der Waals surface area contributed by atoms with Gasteiger partial charge in [-0.3, -0.25) is 0 Å². The topological polar surface area (TPSA) is 24.1 Å². The van der Waals surface area contributed by atoms with Crippen LogP contribution in [0.2, 0.25) is 0 Å². The lowest BCUT2D eigenvalue weighted by molar-refractivity contribution is 0.718. The third-order valence-electron chi connectivity index (χ3n) is 1.39. The Hall–Kier alpha value is -0.920. The standard InChI is InChI=1S/C9H18N2/c1-5-9(4)11-7-6-10-8(2)3/h5,10-11H,2,6-7H2,1,3-4H3/b9-5-. The maximum Gasteiger partial charge on any atom is 0.0317 e. The zero-order valence-electron chi connectivity index (χ0n) is 7.70. The van der Waals surface area contributed by atoms with Crippen LogP contribution in [0, 0.1) is 0 Å². The van der Waals surface area contributed by atoms with Gasteiger partial charge in [0.2, 0.25) is 0 Å². The number of hydrogen-bond acceptors (Lipinski definition) is 2. The van der Waals surface area contributed by atoms with Gasteiger partial charge < -0.3 is 10.6 Å². The second-order valence-corrected chi connectivity index (χ2v) is 2.61. The molecule has 0 saturated carbocycles. The first-order valence-corrected chi connectivity index (χ1v) is 3.93. The molecule has 0 spiro atoms. The number of nitrogens with one attached hydrogen (secondary N) is 2. The van der Waals surface area contributed by atoms with Crippen molar-refractivity contribution in [3.63, 3.8) is 0 Å². The van der Waals surface area contributed by atoms with Crippen LogP contribution in [0.1, 0.15) is 20.8 Å². The van der Waals surface area contributed by atoms with E-state index in [0.29, 0.717) is 0 Å².